The van der Waals surface area contributed by atoms with Crippen LogP contribution in [0.15, 0.2) is 48.5 Å². The van der Waals surface area contributed by atoms with Gasteiger partial charge in [-0.05, 0) is 49.6 Å². The number of rotatable bonds is 5. The van der Waals surface area contributed by atoms with Gasteiger partial charge in [0, 0.05) is 24.6 Å². The number of hydrogen-bond acceptors (Lipinski definition) is 4. The first-order chi connectivity index (χ1) is 14.1. The largest absolute Gasteiger partial charge is 0.486 e. The number of benzene rings is 2. The molecule has 0 aliphatic carbocycles. The van der Waals surface area contributed by atoms with Crippen LogP contribution in [-0.2, 0) is 4.79 Å². The molecule has 0 spiro atoms. The highest BCUT2D eigenvalue weighted by molar-refractivity contribution is 5.94. The van der Waals surface area contributed by atoms with E-state index < -0.39 is 0 Å². The van der Waals surface area contributed by atoms with Crippen molar-refractivity contribution in [1.82, 2.24) is 10.2 Å². The van der Waals surface area contributed by atoms with Gasteiger partial charge in [0.05, 0.1) is 6.04 Å². The Bertz CT molecular complexity index is 884. The topological polar surface area (TPSA) is 67.9 Å². The molecule has 1 N–H and O–H groups in total. The molecule has 2 aromatic carbocycles. The molecule has 152 valence electrons. The van der Waals surface area contributed by atoms with E-state index in [-0.39, 0.29) is 30.3 Å². The molecule has 6 nitrogen and oxygen atoms in total. The maximum absolute atomic E-state index is 13.0. The number of nitrogens with zero attached hydrogens (tertiary/aromatic N) is 1. The highest BCUT2D eigenvalue weighted by Gasteiger charge is 2.31. The summed E-state index contributed by atoms with van der Waals surface area (Å²) in [5.74, 6) is 1.41. The minimum absolute atomic E-state index is 0.0374. The van der Waals surface area contributed by atoms with E-state index in [9.17, 15) is 9.59 Å². The predicted molar refractivity (Wildman–Crippen MR) is 109 cm³/mol. The maximum Gasteiger partial charge on any atom is 0.251 e. The Hall–Kier alpha value is -3.02. The van der Waals surface area contributed by atoms with E-state index in [1.807, 2.05) is 48.2 Å². The molecule has 6 heteroatoms. The molecule has 2 atom stereocenters. The molecule has 0 aromatic heterocycles. The van der Waals surface area contributed by atoms with Crippen LogP contribution in [0, 0.1) is 0 Å². The van der Waals surface area contributed by atoms with Gasteiger partial charge in [0.25, 0.3) is 5.91 Å². The lowest BCUT2D eigenvalue weighted by Gasteiger charge is -2.28. The summed E-state index contributed by atoms with van der Waals surface area (Å²) in [4.78, 5) is 27.2. The maximum atomic E-state index is 13.0. The number of likely N-dealkylation sites (tertiary alicyclic amines) is 1. The van der Waals surface area contributed by atoms with E-state index in [4.69, 9.17) is 9.47 Å². The molecule has 2 unspecified atom stereocenters. The van der Waals surface area contributed by atoms with Gasteiger partial charge >= 0.3 is 0 Å². The molecular weight excluding hydrogens is 368 g/mol. The Kier molecular flexibility index (Phi) is 5.69. The van der Waals surface area contributed by atoms with Crippen LogP contribution in [0.2, 0.25) is 0 Å². The Labute approximate surface area is 170 Å². The Morgan fingerprint density at radius 2 is 1.86 bits per heavy atom. The molecule has 1 fully saturated rings. The number of amides is 2. The number of ether oxygens (including phenoxy) is 2. The average Bonchev–Trinajstić information content (AvgIpc) is 3.24. The van der Waals surface area contributed by atoms with Crippen molar-refractivity contribution in [2.24, 2.45) is 0 Å². The lowest BCUT2D eigenvalue weighted by atomic mass is 10.0. The van der Waals surface area contributed by atoms with Gasteiger partial charge in [-0.2, -0.15) is 0 Å². The third-order valence-corrected chi connectivity index (χ3v) is 5.42. The highest BCUT2D eigenvalue weighted by atomic mass is 16.6. The van der Waals surface area contributed by atoms with Crippen LogP contribution < -0.4 is 14.8 Å². The molecule has 0 radical (unpaired) electrons. The van der Waals surface area contributed by atoms with Crippen LogP contribution in [0.5, 0.6) is 11.5 Å². The normalized spacial score (nSPS) is 18.9. The summed E-state index contributed by atoms with van der Waals surface area (Å²) in [6.07, 6.45) is 2.17. The highest BCUT2D eigenvalue weighted by Crippen LogP contribution is 2.38. The molecule has 29 heavy (non-hydrogen) atoms. The van der Waals surface area contributed by atoms with E-state index in [0.29, 0.717) is 18.8 Å². The molecule has 4 rings (SSSR count). The van der Waals surface area contributed by atoms with Gasteiger partial charge in [0.15, 0.2) is 11.5 Å². The second-order valence-corrected chi connectivity index (χ2v) is 7.59. The van der Waals surface area contributed by atoms with Gasteiger partial charge in [-0.25, -0.2) is 0 Å². The van der Waals surface area contributed by atoms with Crippen molar-refractivity contribution < 1.29 is 19.1 Å². The van der Waals surface area contributed by atoms with Crippen LogP contribution in [0.25, 0.3) is 0 Å². The number of nitrogens with one attached hydrogen (secondary N) is 1. The van der Waals surface area contributed by atoms with Crippen LogP contribution in [-0.4, -0.2) is 42.5 Å². The van der Waals surface area contributed by atoms with Gasteiger partial charge in [0.2, 0.25) is 5.91 Å². The first kappa shape index (κ1) is 19.3. The third kappa shape index (κ3) is 4.36. The van der Waals surface area contributed by atoms with E-state index >= 15 is 0 Å². The zero-order valence-electron chi connectivity index (χ0n) is 16.6. The molecular formula is C23H26N2O4. The first-order valence-corrected chi connectivity index (χ1v) is 10.2. The monoisotopic (exact) mass is 394 g/mol. The fourth-order valence-corrected chi connectivity index (χ4v) is 4.01. The smallest absolute Gasteiger partial charge is 0.251 e. The molecule has 0 bridgehead atoms. The van der Waals surface area contributed by atoms with Crippen molar-refractivity contribution in [2.45, 2.75) is 38.3 Å². The predicted octanol–water partition coefficient (Wildman–Crippen LogP) is 3.33. The van der Waals surface area contributed by atoms with Crippen molar-refractivity contribution in [2.75, 3.05) is 19.8 Å². The second-order valence-electron chi connectivity index (χ2n) is 7.59. The van der Waals surface area contributed by atoms with Gasteiger partial charge in [0.1, 0.15) is 13.2 Å². The van der Waals surface area contributed by atoms with Gasteiger partial charge in [-0.3, -0.25) is 9.59 Å². The second kappa shape index (κ2) is 8.55. The van der Waals surface area contributed by atoms with Crippen LogP contribution in [0.4, 0.5) is 0 Å². The summed E-state index contributed by atoms with van der Waals surface area (Å²) in [6, 6.07) is 14.8. The summed E-state index contributed by atoms with van der Waals surface area (Å²) in [5.41, 5.74) is 1.67. The Morgan fingerprint density at radius 1 is 1.10 bits per heavy atom. The van der Waals surface area contributed by atoms with Crippen LogP contribution >= 0.6 is 0 Å². The molecule has 2 aliphatic rings. The lowest BCUT2D eigenvalue weighted by Crippen LogP contribution is -2.39. The molecule has 1 saturated heterocycles. The first-order valence-electron chi connectivity index (χ1n) is 10.2. The summed E-state index contributed by atoms with van der Waals surface area (Å²) in [5, 5.41) is 2.92. The molecule has 0 saturated carbocycles. The van der Waals surface area contributed by atoms with Gasteiger partial charge < -0.3 is 19.7 Å². The summed E-state index contributed by atoms with van der Waals surface area (Å²) < 4.78 is 11.3. The fraction of sp³-hybridized carbons (Fsp3) is 0.391. The lowest BCUT2D eigenvalue weighted by molar-refractivity contribution is -0.132. The average molecular weight is 394 g/mol. The number of hydrogen-bond donors (Lipinski definition) is 1. The number of carbonyl (C=O) groups is 2. The minimum atomic E-state index is -0.239. The van der Waals surface area contributed by atoms with Gasteiger partial charge in [-0.15, -0.1) is 0 Å². The van der Waals surface area contributed by atoms with Gasteiger partial charge in [-0.1, -0.05) is 24.3 Å². The van der Waals surface area contributed by atoms with E-state index in [2.05, 4.69) is 5.32 Å². The molecule has 2 amide bonds. The quantitative estimate of drug-likeness (QED) is 0.845. The Balaban J connectivity index is 1.39. The van der Waals surface area contributed by atoms with Crippen LogP contribution in [0.3, 0.4) is 0 Å². The number of carbonyl (C=O) groups excluding carboxylic acids is 2. The fourth-order valence-electron chi connectivity index (χ4n) is 4.01. The van der Waals surface area contributed by atoms with E-state index in [1.54, 1.807) is 12.1 Å². The Morgan fingerprint density at radius 3 is 2.66 bits per heavy atom. The SMILES string of the molecule is CC(CC(=O)N1CCCC1c1ccc2c(c1)OCCO2)NC(=O)c1ccccc1. The zero-order valence-corrected chi connectivity index (χ0v) is 16.6. The third-order valence-electron chi connectivity index (χ3n) is 5.42. The molecule has 2 heterocycles. The summed E-state index contributed by atoms with van der Waals surface area (Å²) in [6.45, 7) is 3.71. The summed E-state index contributed by atoms with van der Waals surface area (Å²) >= 11 is 0. The minimum Gasteiger partial charge on any atom is -0.486 e. The molecule has 2 aliphatic heterocycles. The van der Waals surface area contributed by atoms with Crippen molar-refractivity contribution >= 4 is 11.8 Å². The number of fused-ring (bicyclic) bond motifs is 1. The van der Waals surface area contributed by atoms with E-state index in [1.165, 1.54) is 0 Å². The van der Waals surface area contributed by atoms with E-state index in [0.717, 1.165) is 36.4 Å². The van der Waals surface area contributed by atoms with Crippen LogP contribution in [0.1, 0.15) is 48.1 Å². The standard InChI is InChI=1S/C23H26N2O4/c1-16(24-23(27)17-6-3-2-4-7-17)14-22(26)25-11-5-8-19(25)18-9-10-20-21(15-18)29-13-12-28-20/h2-4,6-7,9-10,15-16,19H,5,8,11-14H2,1H3,(H,24,27). The zero-order chi connectivity index (χ0) is 20.2. The summed E-state index contributed by atoms with van der Waals surface area (Å²) in [7, 11) is 0. The van der Waals surface area contributed by atoms with Crippen molar-refractivity contribution in [3.63, 3.8) is 0 Å². The van der Waals surface area contributed by atoms with Crippen molar-refractivity contribution in [1.29, 1.82) is 0 Å². The van der Waals surface area contributed by atoms with Crippen molar-refractivity contribution in [3.05, 3.63) is 59.7 Å². The molecule has 2 aromatic rings. The van der Waals surface area contributed by atoms with Crippen molar-refractivity contribution in [3.8, 4) is 11.5 Å².